The summed E-state index contributed by atoms with van der Waals surface area (Å²) < 4.78 is 10.5. The van der Waals surface area contributed by atoms with Gasteiger partial charge in [0, 0.05) is 19.6 Å². The Bertz CT molecular complexity index is 674. The zero-order valence-electron chi connectivity index (χ0n) is 16.6. The Kier molecular flexibility index (Phi) is 9.71. The third kappa shape index (κ3) is 8.35. The van der Waals surface area contributed by atoms with Gasteiger partial charge >= 0.3 is 6.09 Å². The molecule has 8 nitrogen and oxygen atoms in total. The van der Waals surface area contributed by atoms with Crippen LogP contribution in [-0.4, -0.2) is 61.7 Å². The van der Waals surface area contributed by atoms with Crippen LogP contribution in [0.15, 0.2) is 43.0 Å². The van der Waals surface area contributed by atoms with Crippen molar-refractivity contribution in [2.45, 2.75) is 31.9 Å². The van der Waals surface area contributed by atoms with Crippen molar-refractivity contribution in [1.29, 1.82) is 0 Å². The summed E-state index contributed by atoms with van der Waals surface area (Å²) in [6.45, 7) is 6.02. The van der Waals surface area contributed by atoms with Crippen LogP contribution in [0.4, 0.5) is 4.79 Å². The Morgan fingerprint density at radius 2 is 1.90 bits per heavy atom. The lowest BCUT2D eigenvalue weighted by molar-refractivity contribution is -0.137. The number of morpholine rings is 1. The minimum atomic E-state index is -0.675. The second kappa shape index (κ2) is 12.6. The Morgan fingerprint density at radius 1 is 1.17 bits per heavy atom. The van der Waals surface area contributed by atoms with Crippen LogP contribution in [0.25, 0.3) is 0 Å². The smallest absolute Gasteiger partial charge is 0.408 e. The molecule has 1 saturated heterocycles. The fourth-order valence-corrected chi connectivity index (χ4v) is 2.93. The maximum atomic E-state index is 12.8. The molecule has 1 aromatic carbocycles. The molecule has 1 aliphatic rings. The summed E-state index contributed by atoms with van der Waals surface area (Å²) in [7, 11) is 0. The number of carbonyl (C=O) groups is 3. The van der Waals surface area contributed by atoms with Crippen molar-refractivity contribution in [2.75, 3.05) is 32.8 Å². The van der Waals surface area contributed by atoms with Gasteiger partial charge in [-0.25, -0.2) is 4.79 Å². The van der Waals surface area contributed by atoms with Crippen LogP contribution in [0.5, 0.6) is 0 Å². The van der Waals surface area contributed by atoms with Crippen LogP contribution in [0, 0.1) is 0 Å². The number of hydrogen-bond donors (Lipinski definition) is 2. The largest absolute Gasteiger partial charge is 0.445 e. The number of amides is 3. The van der Waals surface area contributed by atoms with Crippen molar-refractivity contribution >= 4 is 17.9 Å². The van der Waals surface area contributed by atoms with Gasteiger partial charge in [0.05, 0.1) is 13.2 Å². The second-order valence-corrected chi connectivity index (χ2v) is 6.69. The Labute approximate surface area is 171 Å². The van der Waals surface area contributed by atoms with Gasteiger partial charge < -0.3 is 25.0 Å². The van der Waals surface area contributed by atoms with Crippen LogP contribution in [0.3, 0.4) is 0 Å². The molecule has 1 fully saturated rings. The van der Waals surface area contributed by atoms with E-state index in [-0.39, 0.29) is 18.4 Å². The molecular weight excluding hydrogens is 374 g/mol. The minimum Gasteiger partial charge on any atom is -0.445 e. The topological polar surface area (TPSA) is 97.0 Å². The highest BCUT2D eigenvalue weighted by Gasteiger charge is 2.27. The summed E-state index contributed by atoms with van der Waals surface area (Å²) in [6, 6.07) is 8.67. The average molecular weight is 403 g/mol. The molecule has 2 rings (SSSR count). The van der Waals surface area contributed by atoms with Gasteiger partial charge in [-0.15, -0.1) is 0 Å². The van der Waals surface area contributed by atoms with Gasteiger partial charge in [-0.2, -0.15) is 0 Å². The summed E-state index contributed by atoms with van der Waals surface area (Å²) in [6.07, 6.45) is 2.40. The molecule has 1 aliphatic heterocycles. The first-order chi connectivity index (χ1) is 14.1. The molecule has 158 valence electrons. The van der Waals surface area contributed by atoms with Crippen LogP contribution in [-0.2, 0) is 25.7 Å². The number of benzene rings is 1. The first-order valence-electron chi connectivity index (χ1n) is 9.84. The van der Waals surface area contributed by atoms with E-state index in [2.05, 4.69) is 17.2 Å². The van der Waals surface area contributed by atoms with E-state index < -0.39 is 12.1 Å². The standard InChI is InChI=1S/C21H29N3O5/c1-2-19(25)22-11-7-6-10-18(20(26)24-12-14-28-15-13-24)23-21(27)29-16-17-8-4-3-5-9-17/h2-5,8-9,18H,1,6-7,10-16H2,(H,22,25)(H,23,27)/t18-/m0/s1. The highest BCUT2D eigenvalue weighted by atomic mass is 16.5. The SMILES string of the molecule is C=CC(=O)NCCCC[C@H](NC(=O)OCc1ccccc1)C(=O)N1CCOCC1. The molecule has 0 saturated carbocycles. The molecule has 0 bridgehead atoms. The monoisotopic (exact) mass is 403 g/mol. The molecule has 29 heavy (non-hydrogen) atoms. The van der Waals surface area contributed by atoms with E-state index in [9.17, 15) is 14.4 Å². The van der Waals surface area contributed by atoms with E-state index in [1.54, 1.807) is 4.90 Å². The number of rotatable bonds is 10. The normalized spacial score (nSPS) is 14.6. The molecule has 0 radical (unpaired) electrons. The summed E-state index contributed by atoms with van der Waals surface area (Å²) >= 11 is 0. The van der Waals surface area contributed by atoms with Crippen molar-refractivity contribution in [3.8, 4) is 0 Å². The van der Waals surface area contributed by atoms with Crippen LogP contribution >= 0.6 is 0 Å². The number of alkyl carbamates (subject to hydrolysis) is 1. The minimum absolute atomic E-state index is 0.138. The van der Waals surface area contributed by atoms with Gasteiger partial charge in [0.15, 0.2) is 0 Å². The molecule has 2 N–H and O–H groups in total. The molecular formula is C21H29N3O5. The van der Waals surface area contributed by atoms with Crippen molar-refractivity contribution in [1.82, 2.24) is 15.5 Å². The zero-order valence-corrected chi connectivity index (χ0v) is 16.6. The average Bonchev–Trinajstić information content (AvgIpc) is 2.77. The summed E-state index contributed by atoms with van der Waals surface area (Å²) in [5.74, 6) is -0.367. The lowest BCUT2D eigenvalue weighted by Gasteiger charge is -2.30. The predicted molar refractivity (Wildman–Crippen MR) is 108 cm³/mol. The van der Waals surface area contributed by atoms with Crippen molar-refractivity contribution in [3.63, 3.8) is 0 Å². The van der Waals surface area contributed by atoms with E-state index in [1.807, 2.05) is 30.3 Å². The summed E-state index contributed by atoms with van der Waals surface area (Å²) in [4.78, 5) is 38.0. The Morgan fingerprint density at radius 3 is 2.59 bits per heavy atom. The highest BCUT2D eigenvalue weighted by Crippen LogP contribution is 2.09. The first kappa shape index (κ1) is 22.4. The number of carbonyl (C=O) groups excluding carboxylic acids is 3. The molecule has 0 unspecified atom stereocenters. The molecule has 1 atom stereocenters. The van der Waals surface area contributed by atoms with Gasteiger partial charge in [0.2, 0.25) is 11.8 Å². The van der Waals surface area contributed by atoms with E-state index in [0.717, 1.165) is 5.56 Å². The number of hydrogen-bond acceptors (Lipinski definition) is 5. The molecule has 0 aromatic heterocycles. The van der Waals surface area contributed by atoms with Gasteiger partial charge in [-0.05, 0) is 30.9 Å². The molecule has 0 aliphatic carbocycles. The molecule has 8 heteroatoms. The number of nitrogens with zero attached hydrogens (tertiary/aromatic N) is 1. The van der Waals surface area contributed by atoms with Gasteiger partial charge in [0.25, 0.3) is 0 Å². The van der Waals surface area contributed by atoms with Crippen molar-refractivity contribution in [3.05, 3.63) is 48.6 Å². The third-order valence-corrected chi connectivity index (χ3v) is 4.53. The predicted octanol–water partition coefficient (Wildman–Crippen LogP) is 1.61. The number of unbranched alkanes of at least 4 members (excludes halogenated alkanes) is 1. The van der Waals surface area contributed by atoms with Crippen LogP contribution in [0.1, 0.15) is 24.8 Å². The number of ether oxygens (including phenoxy) is 2. The first-order valence-corrected chi connectivity index (χ1v) is 9.84. The van der Waals surface area contributed by atoms with Gasteiger partial charge in [-0.1, -0.05) is 36.9 Å². The van der Waals surface area contributed by atoms with E-state index >= 15 is 0 Å². The van der Waals surface area contributed by atoms with Crippen molar-refractivity contribution < 1.29 is 23.9 Å². The fourth-order valence-electron chi connectivity index (χ4n) is 2.93. The summed E-state index contributed by atoms with van der Waals surface area (Å²) in [5, 5.41) is 5.40. The summed E-state index contributed by atoms with van der Waals surface area (Å²) in [5.41, 5.74) is 0.872. The van der Waals surface area contributed by atoms with E-state index in [1.165, 1.54) is 6.08 Å². The Hall–Kier alpha value is -2.87. The van der Waals surface area contributed by atoms with Crippen molar-refractivity contribution in [2.24, 2.45) is 0 Å². The maximum Gasteiger partial charge on any atom is 0.408 e. The quantitative estimate of drug-likeness (QED) is 0.457. The van der Waals surface area contributed by atoms with Crippen LogP contribution < -0.4 is 10.6 Å². The van der Waals surface area contributed by atoms with Crippen LogP contribution in [0.2, 0.25) is 0 Å². The maximum absolute atomic E-state index is 12.8. The molecule has 1 heterocycles. The van der Waals surface area contributed by atoms with E-state index in [4.69, 9.17) is 9.47 Å². The lowest BCUT2D eigenvalue weighted by Crippen LogP contribution is -2.51. The third-order valence-electron chi connectivity index (χ3n) is 4.53. The lowest BCUT2D eigenvalue weighted by atomic mass is 10.1. The van der Waals surface area contributed by atoms with Gasteiger partial charge in [-0.3, -0.25) is 9.59 Å². The molecule has 1 aromatic rings. The fraction of sp³-hybridized carbons (Fsp3) is 0.476. The highest BCUT2D eigenvalue weighted by molar-refractivity contribution is 5.87. The van der Waals surface area contributed by atoms with Gasteiger partial charge in [0.1, 0.15) is 12.6 Å². The zero-order chi connectivity index (χ0) is 20.9. The van der Waals surface area contributed by atoms with E-state index in [0.29, 0.717) is 52.1 Å². The molecule has 0 spiro atoms. The number of nitrogens with one attached hydrogen (secondary N) is 2. The Balaban J connectivity index is 1.84. The second-order valence-electron chi connectivity index (χ2n) is 6.69. The molecule has 3 amide bonds.